The van der Waals surface area contributed by atoms with Crippen LogP contribution in [-0.2, 0) is 9.53 Å². The lowest BCUT2D eigenvalue weighted by molar-refractivity contribution is -0.385. The first-order valence-electron chi connectivity index (χ1n) is 8.51. The Morgan fingerprint density at radius 1 is 1.28 bits per heavy atom. The fourth-order valence-electron chi connectivity index (χ4n) is 3.38. The van der Waals surface area contributed by atoms with E-state index < -0.39 is 17.0 Å². The number of piperidine rings is 1. The number of ether oxygens (including phenoxy) is 1. The summed E-state index contributed by atoms with van der Waals surface area (Å²) in [5.41, 5.74) is 0.192. The van der Waals surface area contributed by atoms with Gasteiger partial charge in [0.25, 0.3) is 11.6 Å². The van der Waals surface area contributed by atoms with Crippen molar-refractivity contribution in [3.05, 3.63) is 39.4 Å². The molecule has 1 heterocycles. The summed E-state index contributed by atoms with van der Waals surface area (Å²) >= 11 is 0. The van der Waals surface area contributed by atoms with Crippen molar-refractivity contribution in [3.8, 4) is 0 Å². The molecule has 1 aromatic rings. The molecule has 0 bridgehead atoms. The zero-order valence-corrected chi connectivity index (χ0v) is 15.0. The largest absolute Gasteiger partial charge is 0.449 e. The van der Waals surface area contributed by atoms with E-state index in [-0.39, 0.29) is 34.8 Å². The molecule has 7 nitrogen and oxygen atoms in total. The molecule has 0 N–H and O–H groups in total. The number of nitro benzene ring substituents is 1. The van der Waals surface area contributed by atoms with Crippen LogP contribution in [0.15, 0.2) is 18.2 Å². The van der Waals surface area contributed by atoms with E-state index in [1.165, 1.54) is 25.1 Å². The maximum absolute atomic E-state index is 12.7. The molecule has 25 heavy (non-hydrogen) atoms. The predicted octanol–water partition coefficient (Wildman–Crippen LogP) is 3.24. The Bertz CT molecular complexity index is 678. The molecule has 1 aliphatic rings. The van der Waals surface area contributed by atoms with Crippen molar-refractivity contribution in [1.82, 2.24) is 4.90 Å². The number of nitrogens with zero attached hydrogens (tertiary/aromatic N) is 2. The Balaban J connectivity index is 2.13. The lowest BCUT2D eigenvalue weighted by Crippen LogP contribution is -2.51. The van der Waals surface area contributed by atoms with E-state index in [1.54, 1.807) is 11.8 Å². The van der Waals surface area contributed by atoms with Crippen LogP contribution in [0.5, 0.6) is 0 Å². The molecule has 136 valence electrons. The van der Waals surface area contributed by atoms with Gasteiger partial charge in [0.2, 0.25) is 0 Å². The van der Waals surface area contributed by atoms with Gasteiger partial charge in [-0.15, -0.1) is 0 Å². The number of likely N-dealkylation sites (tertiary alicyclic amines) is 1. The van der Waals surface area contributed by atoms with Crippen LogP contribution in [0.4, 0.5) is 5.69 Å². The molecule has 0 saturated carbocycles. The summed E-state index contributed by atoms with van der Waals surface area (Å²) in [4.78, 5) is 37.3. The Labute approximate surface area is 147 Å². The number of carbonyl (C=O) groups is 2. The van der Waals surface area contributed by atoms with E-state index in [0.29, 0.717) is 0 Å². The number of hydrogen-bond acceptors (Lipinski definition) is 5. The molecular weight excluding hydrogens is 324 g/mol. The van der Waals surface area contributed by atoms with Crippen LogP contribution in [0.3, 0.4) is 0 Å². The lowest BCUT2D eigenvalue weighted by atomic mass is 9.97. The van der Waals surface area contributed by atoms with Crippen LogP contribution in [-0.4, -0.2) is 39.9 Å². The van der Waals surface area contributed by atoms with Gasteiger partial charge in [0.15, 0.2) is 6.10 Å². The van der Waals surface area contributed by atoms with Crippen LogP contribution < -0.4 is 0 Å². The van der Waals surface area contributed by atoms with Gasteiger partial charge in [0.05, 0.1) is 10.5 Å². The van der Waals surface area contributed by atoms with Gasteiger partial charge in [0.1, 0.15) is 0 Å². The van der Waals surface area contributed by atoms with Crippen molar-refractivity contribution in [1.29, 1.82) is 0 Å². The molecule has 0 spiro atoms. The molecule has 1 amide bonds. The van der Waals surface area contributed by atoms with E-state index in [4.69, 9.17) is 4.74 Å². The first kappa shape index (κ1) is 18.9. The molecule has 1 fully saturated rings. The Hall–Kier alpha value is -2.44. The Morgan fingerprint density at radius 2 is 1.88 bits per heavy atom. The maximum atomic E-state index is 12.7. The monoisotopic (exact) mass is 348 g/mol. The minimum absolute atomic E-state index is 0.105. The van der Waals surface area contributed by atoms with Gasteiger partial charge < -0.3 is 9.64 Å². The summed E-state index contributed by atoms with van der Waals surface area (Å²) in [6.45, 7) is 7.02. The van der Waals surface area contributed by atoms with Crippen molar-refractivity contribution in [3.63, 3.8) is 0 Å². The fourth-order valence-corrected chi connectivity index (χ4v) is 3.38. The summed E-state index contributed by atoms with van der Waals surface area (Å²) in [6, 6.07) is 4.45. The van der Waals surface area contributed by atoms with Gasteiger partial charge in [-0.25, -0.2) is 4.79 Å². The number of rotatable bonds is 4. The van der Waals surface area contributed by atoms with Gasteiger partial charge >= 0.3 is 5.97 Å². The lowest BCUT2D eigenvalue weighted by Gasteiger charge is -2.40. The molecular formula is C18H24N2O5. The highest BCUT2D eigenvalue weighted by Crippen LogP contribution is 2.25. The summed E-state index contributed by atoms with van der Waals surface area (Å²) in [6.07, 6.45) is 2.00. The van der Waals surface area contributed by atoms with Crippen LogP contribution in [0, 0.1) is 17.0 Å². The highest BCUT2D eigenvalue weighted by molar-refractivity contribution is 5.94. The van der Waals surface area contributed by atoms with E-state index >= 15 is 0 Å². The summed E-state index contributed by atoms with van der Waals surface area (Å²) in [7, 11) is 0. The van der Waals surface area contributed by atoms with Gasteiger partial charge in [-0.2, -0.15) is 0 Å². The zero-order chi connectivity index (χ0) is 18.7. The molecule has 1 aliphatic heterocycles. The van der Waals surface area contributed by atoms with Crippen molar-refractivity contribution < 1.29 is 19.2 Å². The van der Waals surface area contributed by atoms with Gasteiger partial charge in [0, 0.05) is 23.7 Å². The number of amides is 1. The molecule has 3 atom stereocenters. The van der Waals surface area contributed by atoms with E-state index in [9.17, 15) is 19.7 Å². The van der Waals surface area contributed by atoms with Crippen LogP contribution >= 0.6 is 0 Å². The van der Waals surface area contributed by atoms with Crippen molar-refractivity contribution >= 4 is 17.6 Å². The van der Waals surface area contributed by atoms with Gasteiger partial charge in [-0.3, -0.25) is 14.9 Å². The molecule has 1 aromatic carbocycles. The third kappa shape index (κ3) is 3.97. The maximum Gasteiger partial charge on any atom is 0.339 e. The number of benzene rings is 1. The highest BCUT2D eigenvalue weighted by atomic mass is 16.6. The average Bonchev–Trinajstić information content (AvgIpc) is 2.54. The van der Waals surface area contributed by atoms with E-state index in [1.807, 2.05) is 13.8 Å². The molecule has 0 unspecified atom stereocenters. The highest BCUT2D eigenvalue weighted by Gasteiger charge is 2.33. The van der Waals surface area contributed by atoms with Crippen molar-refractivity contribution in [2.75, 3.05) is 0 Å². The first-order chi connectivity index (χ1) is 11.7. The average molecular weight is 348 g/mol. The molecule has 2 rings (SSSR count). The molecule has 1 saturated heterocycles. The molecule has 0 aromatic heterocycles. The van der Waals surface area contributed by atoms with Crippen LogP contribution in [0.25, 0.3) is 0 Å². The van der Waals surface area contributed by atoms with Crippen LogP contribution in [0.1, 0.15) is 56.0 Å². The van der Waals surface area contributed by atoms with E-state index in [0.717, 1.165) is 19.3 Å². The molecule has 0 radical (unpaired) electrons. The van der Waals surface area contributed by atoms with Crippen molar-refractivity contribution in [2.24, 2.45) is 0 Å². The standard InChI is InChI=1S/C18H24N2O5/c1-11-7-5-8-12(2)19(11)17(21)14(4)25-18(22)15-9-6-10-16(13(15)3)20(23)24/h6,9-12,14H,5,7-8H2,1-4H3/t11-,12-,14-/m0/s1. The quantitative estimate of drug-likeness (QED) is 0.473. The second-order valence-corrected chi connectivity index (χ2v) is 6.63. The predicted molar refractivity (Wildman–Crippen MR) is 92.3 cm³/mol. The minimum Gasteiger partial charge on any atom is -0.449 e. The van der Waals surface area contributed by atoms with Gasteiger partial charge in [-0.05, 0) is 53.0 Å². The zero-order valence-electron chi connectivity index (χ0n) is 15.0. The normalized spacial score (nSPS) is 21.5. The molecule has 7 heteroatoms. The smallest absolute Gasteiger partial charge is 0.339 e. The second kappa shape index (κ2) is 7.63. The summed E-state index contributed by atoms with van der Waals surface area (Å²) in [5, 5.41) is 11.0. The topological polar surface area (TPSA) is 89.8 Å². The minimum atomic E-state index is -0.936. The Morgan fingerprint density at radius 3 is 2.44 bits per heavy atom. The summed E-state index contributed by atoms with van der Waals surface area (Å²) < 4.78 is 5.31. The fraction of sp³-hybridized carbons (Fsp3) is 0.556. The van der Waals surface area contributed by atoms with Crippen molar-refractivity contribution in [2.45, 2.75) is 65.1 Å². The van der Waals surface area contributed by atoms with E-state index in [2.05, 4.69) is 0 Å². The number of carbonyl (C=O) groups excluding carboxylic acids is 2. The SMILES string of the molecule is Cc1c(C(=O)O[C@@H](C)C(=O)N2[C@@H](C)CCC[C@@H]2C)cccc1[N+](=O)[O-]. The number of hydrogen-bond donors (Lipinski definition) is 0. The third-order valence-electron chi connectivity index (χ3n) is 4.80. The Kier molecular flexibility index (Phi) is 5.77. The summed E-state index contributed by atoms with van der Waals surface area (Å²) in [5.74, 6) is -0.949. The van der Waals surface area contributed by atoms with Gasteiger partial charge in [-0.1, -0.05) is 6.07 Å². The number of nitro groups is 1. The van der Waals surface area contributed by atoms with Crippen LogP contribution in [0.2, 0.25) is 0 Å². The molecule has 0 aliphatic carbocycles. The second-order valence-electron chi connectivity index (χ2n) is 6.63. The first-order valence-corrected chi connectivity index (χ1v) is 8.51. The third-order valence-corrected chi connectivity index (χ3v) is 4.80. The number of esters is 1.